The molecule has 0 radical (unpaired) electrons. The molecule has 16 heavy (non-hydrogen) atoms. The summed E-state index contributed by atoms with van der Waals surface area (Å²) in [5.74, 6) is 0.874. The van der Waals surface area contributed by atoms with Crippen molar-refractivity contribution in [1.29, 1.82) is 0 Å². The van der Waals surface area contributed by atoms with E-state index in [9.17, 15) is 0 Å². The first-order valence-corrected chi connectivity index (χ1v) is 6.09. The van der Waals surface area contributed by atoms with Crippen LogP contribution in [-0.2, 0) is 6.54 Å². The summed E-state index contributed by atoms with van der Waals surface area (Å²) >= 11 is 1.58. The van der Waals surface area contributed by atoms with Crippen LogP contribution in [-0.4, -0.2) is 11.6 Å². The lowest BCUT2D eigenvalue weighted by Gasteiger charge is -2.07. The van der Waals surface area contributed by atoms with Gasteiger partial charge in [-0.3, -0.25) is 0 Å². The molecule has 1 heterocycles. The molecule has 2 rings (SSSR count). The first kappa shape index (κ1) is 11.1. The van der Waals surface area contributed by atoms with Gasteiger partial charge in [0, 0.05) is 17.5 Å². The molecule has 1 aromatic carbocycles. The number of nitrogens with two attached hydrogens (primary N) is 1. The van der Waals surface area contributed by atoms with Gasteiger partial charge >= 0.3 is 0 Å². The van der Waals surface area contributed by atoms with Gasteiger partial charge in [-0.1, -0.05) is 12.1 Å². The van der Waals surface area contributed by atoms with E-state index in [1.165, 1.54) is 0 Å². The molecule has 0 atom stereocenters. The maximum atomic E-state index is 5.57. The molecular weight excluding hydrogens is 220 g/mol. The minimum Gasteiger partial charge on any atom is -0.493 e. The molecule has 0 aliphatic carbocycles. The SMILES string of the molecule is CCOc1ccccc1-c1csc(CN)n1. The molecule has 0 saturated carbocycles. The van der Waals surface area contributed by atoms with Crippen molar-refractivity contribution in [1.82, 2.24) is 4.98 Å². The lowest BCUT2D eigenvalue weighted by Crippen LogP contribution is -1.96. The molecular formula is C12H14N2OS. The molecule has 0 fully saturated rings. The Kier molecular flexibility index (Phi) is 3.54. The Labute approximate surface area is 98.9 Å². The van der Waals surface area contributed by atoms with Gasteiger partial charge in [-0.05, 0) is 19.1 Å². The molecule has 0 spiro atoms. The number of aromatic nitrogens is 1. The van der Waals surface area contributed by atoms with Gasteiger partial charge < -0.3 is 10.5 Å². The van der Waals surface area contributed by atoms with E-state index in [2.05, 4.69) is 4.98 Å². The molecule has 4 heteroatoms. The Morgan fingerprint density at radius 2 is 2.19 bits per heavy atom. The van der Waals surface area contributed by atoms with Gasteiger partial charge in [0.05, 0.1) is 12.3 Å². The molecule has 0 aliphatic rings. The largest absolute Gasteiger partial charge is 0.493 e. The van der Waals surface area contributed by atoms with Gasteiger partial charge in [-0.2, -0.15) is 0 Å². The monoisotopic (exact) mass is 234 g/mol. The molecule has 0 amide bonds. The molecule has 2 aromatic rings. The third-order valence-electron chi connectivity index (χ3n) is 2.19. The fourth-order valence-corrected chi connectivity index (χ4v) is 2.16. The van der Waals surface area contributed by atoms with Gasteiger partial charge in [0.1, 0.15) is 10.8 Å². The Balaban J connectivity index is 2.38. The van der Waals surface area contributed by atoms with Crippen LogP contribution in [0.2, 0.25) is 0 Å². The Morgan fingerprint density at radius 3 is 2.88 bits per heavy atom. The second-order valence-corrected chi connectivity index (χ2v) is 4.20. The molecule has 3 nitrogen and oxygen atoms in total. The van der Waals surface area contributed by atoms with E-state index in [1.807, 2.05) is 36.6 Å². The van der Waals surface area contributed by atoms with Gasteiger partial charge in [0.2, 0.25) is 0 Å². The highest BCUT2D eigenvalue weighted by atomic mass is 32.1. The van der Waals surface area contributed by atoms with Crippen molar-refractivity contribution < 1.29 is 4.74 Å². The van der Waals surface area contributed by atoms with E-state index in [0.29, 0.717) is 13.2 Å². The third kappa shape index (κ3) is 2.23. The van der Waals surface area contributed by atoms with Crippen LogP contribution < -0.4 is 10.5 Å². The average molecular weight is 234 g/mol. The molecule has 2 N–H and O–H groups in total. The molecule has 0 aliphatic heterocycles. The van der Waals surface area contributed by atoms with E-state index in [4.69, 9.17) is 10.5 Å². The number of hydrogen-bond acceptors (Lipinski definition) is 4. The van der Waals surface area contributed by atoms with Crippen molar-refractivity contribution in [3.8, 4) is 17.0 Å². The number of ether oxygens (including phenoxy) is 1. The third-order valence-corrected chi connectivity index (χ3v) is 3.06. The number of hydrogen-bond donors (Lipinski definition) is 1. The normalized spacial score (nSPS) is 10.4. The van der Waals surface area contributed by atoms with E-state index in [0.717, 1.165) is 22.0 Å². The summed E-state index contributed by atoms with van der Waals surface area (Å²) in [6.07, 6.45) is 0. The highest BCUT2D eigenvalue weighted by Gasteiger charge is 2.08. The van der Waals surface area contributed by atoms with E-state index >= 15 is 0 Å². The predicted octanol–water partition coefficient (Wildman–Crippen LogP) is 2.67. The molecule has 0 unspecified atom stereocenters. The van der Waals surface area contributed by atoms with Crippen molar-refractivity contribution in [3.63, 3.8) is 0 Å². The minimum atomic E-state index is 0.488. The number of para-hydroxylation sites is 1. The van der Waals surface area contributed by atoms with Gasteiger partial charge in [0.15, 0.2) is 0 Å². The molecule has 0 saturated heterocycles. The van der Waals surface area contributed by atoms with E-state index in [-0.39, 0.29) is 0 Å². The van der Waals surface area contributed by atoms with Gasteiger partial charge in [-0.15, -0.1) is 11.3 Å². The Hall–Kier alpha value is -1.39. The fourth-order valence-electron chi connectivity index (χ4n) is 1.49. The summed E-state index contributed by atoms with van der Waals surface area (Å²) in [5.41, 5.74) is 7.52. The summed E-state index contributed by atoms with van der Waals surface area (Å²) in [7, 11) is 0. The number of benzene rings is 1. The van der Waals surface area contributed by atoms with Crippen molar-refractivity contribution in [2.75, 3.05) is 6.61 Å². The summed E-state index contributed by atoms with van der Waals surface area (Å²) in [6, 6.07) is 7.92. The number of rotatable bonds is 4. The zero-order valence-corrected chi connectivity index (χ0v) is 9.96. The Bertz CT molecular complexity index is 468. The predicted molar refractivity (Wildman–Crippen MR) is 66.6 cm³/mol. The second-order valence-electron chi connectivity index (χ2n) is 3.26. The fraction of sp³-hybridized carbons (Fsp3) is 0.250. The zero-order chi connectivity index (χ0) is 11.4. The maximum absolute atomic E-state index is 5.57. The summed E-state index contributed by atoms with van der Waals surface area (Å²) < 4.78 is 5.57. The van der Waals surface area contributed by atoms with Crippen molar-refractivity contribution in [2.45, 2.75) is 13.5 Å². The van der Waals surface area contributed by atoms with E-state index in [1.54, 1.807) is 11.3 Å². The first-order chi connectivity index (χ1) is 7.85. The number of thiazole rings is 1. The number of nitrogens with zero attached hydrogens (tertiary/aromatic N) is 1. The van der Waals surface area contributed by atoms with Crippen LogP contribution in [0.15, 0.2) is 29.6 Å². The summed E-state index contributed by atoms with van der Waals surface area (Å²) in [6.45, 7) is 3.12. The van der Waals surface area contributed by atoms with Crippen LogP contribution in [0.25, 0.3) is 11.3 Å². The van der Waals surface area contributed by atoms with Crippen molar-refractivity contribution >= 4 is 11.3 Å². The smallest absolute Gasteiger partial charge is 0.128 e. The van der Waals surface area contributed by atoms with Gasteiger partial charge in [0.25, 0.3) is 0 Å². The topological polar surface area (TPSA) is 48.1 Å². The summed E-state index contributed by atoms with van der Waals surface area (Å²) in [4.78, 5) is 4.46. The van der Waals surface area contributed by atoms with Crippen LogP contribution in [0, 0.1) is 0 Å². The lowest BCUT2D eigenvalue weighted by atomic mass is 10.1. The Morgan fingerprint density at radius 1 is 1.38 bits per heavy atom. The lowest BCUT2D eigenvalue weighted by molar-refractivity contribution is 0.341. The average Bonchev–Trinajstić information content (AvgIpc) is 2.79. The van der Waals surface area contributed by atoms with Crippen LogP contribution in [0.4, 0.5) is 0 Å². The van der Waals surface area contributed by atoms with Crippen molar-refractivity contribution in [3.05, 3.63) is 34.7 Å². The van der Waals surface area contributed by atoms with Crippen molar-refractivity contribution in [2.24, 2.45) is 5.73 Å². The van der Waals surface area contributed by atoms with Crippen LogP contribution >= 0.6 is 11.3 Å². The highest BCUT2D eigenvalue weighted by molar-refractivity contribution is 7.09. The van der Waals surface area contributed by atoms with Crippen LogP contribution in [0.1, 0.15) is 11.9 Å². The highest BCUT2D eigenvalue weighted by Crippen LogP contribution is 2.30. The zero-order valence-electron chi connectivity index (χ0n) is 9.14. The van der Waals surface area contributed by atoms with E-state index < -0.39 is 0 Å². The van der Waals surface area contributed by atoms with Crippen LogP contribution in [0.3, 0.4) is 0 Å². The maximum Gasteiger partial charge on any atom is 0.128 e. The minimum absolute atomic E-state index is 0.488. The quantitative estimate of drug-likeness (QED) is 0.884. The molecule has 1 aromatic heterocycles. The standard InChI is InChI=1S/C12H14N2OS/c1-2-15-11-6-4-3-5-9(11)10-8-16-12(7-13)14-10/h3-6,8H,2,7,13H2,1H3. The van der Waals surface area contributed by atoms with Gasteiger partial charge in [-0.25, -0.2) is 4.98 Å². The molecule has 84 valence electrons. The first-order valence-electron chi connectivity index (χ1n) is 5.21. The molecule has 0 bridgehead atoms. The summed E-state index contributed by atoms with van der Waals surface area (Å²) in [5, 5.41) is 2.96. The van der Waals surface area contributed by atoms with Crippen LogP contribution in [0.5, 0.6) is 5.75 Å². The second kappa shape index (κ2) is 5.09.